The molecule has 2 rings (SSSR count). The molecule has 0 fully saturated rings. The Morgan fingerprint density at radius 1 is 1.41 bits per heavy atom. The zero-order chi connectivity index (χ0) is 12.3. The van der Waals surface area contributed by atoms with Crippen LogP contribution in [0.2, 0.25) is 0 Å². The molecule has 0 saturated carbocycles. The van der Waals surface area contributed by atoms with E-state index in [1.165, 1.54) is 10.9 Å². The summed E-state index contributed by atoms with van der Waals surface area (Å²) >= 11 is 0. The van der Waals surface area contributed by atoms with Crippen LogP contribution in [0, 0.1) is 6.92 Å². The summed E-state index contributed by atoms with van der Waals surface area (Å²) in [5.41, 5.74) is 10.1. The number of azide groups is 1. The summed E-state index contributed by atoms with van der Waals surface area (Å²) in [6.07, 6.45) is 1.42. The normalized spacial score (nSPS) is 9.71. The Morgan fingerprint density at radius 2 is 2.12 bits per heavy atom. The molecule has 1 amide bonds. The number of amides is 1. The van der Waals surface area contributed by atoms with Gasteiger partial charge in [0.2, 0.25) is 0 Å². The van der Waals surface area contributed by atoms with Gasteiger partial charge in [0.25, 0.3) is 5.91 Å². The second-order valence-electron chi connectivity index (χ2n) is 3.38. The van der Waals surface area contributed by atoms with Gasteiger partial charge in [0.1, 0.15) is 0 Å². The lowest BCUT2D eigenvalue weighted by atomic mass is 10.2. The van der Waals surface area contributed by atoms with E-state index in [-0.39, 0.29) is 5.69 Å². The maximum absolute atomic E-state index is 11.2. The molecular weight excluding hydrogens is 220 g/mol. The first-order chi connectivity index (χ1) is 8.20. The number of benzene rings is 1. The van der Waals surface area contributed by atoms with E-state index in [0.29, 0.717) is 0 Å². The van der Waals surface area contributed by atoms with Gasteiger partial charge in [-0.2, -0.15) is 0 Å². The molecule has 0 aliphatic heterocycles. The van der Waals surface area contributed by atoms with E-state index in [1.54, 1.807) is 0 Å². The van der Waals surface area contributed by atoms with Crippen molar-refractivity contribution in [1.82, 2.24) is 15.0 Å². The number of hydrogen-bond acceptors (Lipinski definition) is 3. The number of aromatic nitrogens is 3. The fourth-order valence-electron chi connectivity index (χ4n) is 1.28. The van der Waals surface area contributed by atoms with Gasteiger partial charge in [-0.15, -0.1) is 5.10 Å². The molecule has 0 aliphatic carbocycles. The Hall–Kier alpha value is -2.66. The van der Waals surface area contributed by atoms with Gasteiger partial charge in [0.05, 0.1) is 11.9 Å². The second kappa shape index (κ2) is 4.46. The fraction of sp³-hybridized carbons (Fsp3) is 0.100. The molecule has 7 heteroatoms. The summed E-state index contributed by atoms with van der Waals surface area (Å²) in [6, 6.07) is 7.55. The standard InChI is InChI=1S/C10H8N6O/c1-7-2-4-8(5-3-7)16-6-9(12-15-16)10(17)13-14-11/h2-6H,1H3. The third-order valence-corrected chi connectivity index (χ3v) is 2.15. The molecule has 1 heterocycles. The topological polar surface area (TPSA) is 96.5 Å². The van der Waals surface area contributed by atoms with Crippen LogP contribution >= 0.6 is 0 Å². The summed E-state index contributed by atoms with van der Waals surface area (Å²) in [5.74, 6) is -0.745. The van der Waals surface area contributed by atoms with Crippen molar-refractivity contribution in [2.24, 2.45) is 5.11 Å². The van der Waals surface area contributed by atoms with E-state index in [9.17, 15) is 4.79 Å². The van der Waals surface area contributed by atoms with Gasteiger partial charge >= 0.3 is 0 Å². The van der Waals surface area contributed by atoms with E-state index in [0.717, 1.165) is 11.3 Å². The minimum atomic E-state index is -0.745. The average molecular weight is 228 g/mol. The molecule has 0 unspecified atom stereocenters. The smallest absolute Gasteiger partial charge is 0.270 e. The van der Waals surface area contributed by atoms with Crippen molar-refractivity contribution >= 4 is 5.91 Å². The fourth-order valence-corrected chi connectivity index (χ4v) is 1.28. The zero-order valence-corrected chi connectivity index (χ0v) is 8.98. The van der Waals surface area contributed by atoms with Crippen LogP contribution in [-0.4, -0.2) is 20.9 Å². The highest BCUT2D eigenvalue weighted by Gasteiger charge is 2.09. The van der Waals surface area contributed by atoms with Gasteiger partial charge in [-0.1, -0.05) is 22.9 Å². The first kappa shape index (κ1) is 10.8. The number of hydrogen-bond donors (Lipinski definition) is 0. The van der Waals surface area contributed by atoms with Crippen LogP contribution in [-0.2, 0) is 0 Å². The van der Waals surface area contributed by atoms with Gasteiger partial charge in [0, 0.05) is 4.91 Å². The van der Waals surface area contributed by atoms with Gasteiger partial charge in [-0.25, -0.2) is 4.68 Å². The SMILES string of the molecule is Cc1ccc(-n2cc(C(=O)N=[N+]=[N-])nn2)cc1. The Bertz CT molecular complexity index is 594. The summed E-state index contributed by atoms with van der Waals surface area (Å²) in [4.78, 5) is 13.6. The number of nitrogens with zero attached hydrogens (tertiary/aromatic N) is 6. The quantitative estimate of drug-likeness (QED) is 0.446. The van der Waals surface area contributed by atoms with E-state index < -0.39 is 5.91 Å². The van der Waals surface area contributed by atoms with Crippen molar-refractivity contribution in [2.75, 3.05) is 0 Å². The molecule has 0 aliphatic rings. The van der Waals surface area contributed by atoms with Crippen molar-refractivity contribution in [3.8, 4) is 5.69 Å². The van der Waals surface area contributed by atoms with Crippen LogP contribution in [0.25, 0.3) is 16.1 Å². The minimum Gasteiger partial charge on any atom is -0.285 e. The number of rotatable bonds is 2. The average Bonchev–Trinajstić information content (AvgIpc) is 2.80. The molecule has 7 nitrogen and oxygen atoms in total. The molecule has 0 N–H and O–H groups in total. The molecule has 0 spiro atoms. The second-order valence-corrected chi connectivity index (χ2v) is 3.38. The highest BCUT2D eigenvalue weighted by Crippen LogP contribution is 2.08. The van der Waals surface area contributed by atoms with Crippen LogP contribution in [0.1, 0.15) is 16.1 Å². The largest absolute Gasteiger partial charge is 0.285 e. The summed E-state index contributed by atoms with van der Waals surface area (Å²) in [7, 11) is 0. The Labute approximate surface area is 96.3 Å². The lowest BCUT2D eigenvalue weighted by molar-refractivity contribution is 0.0995. The molecule has 0 atom stereocenters. The maximum Gasteiger partial charge on any atom is 0.270 e. The molecule has 2 aromatic rings. The lowest BCUT2D eigenvalue weighted by Crippen LogP contribution is -1.94. The highest BCUT2D eigenvalue weighted by atomic mass is 16.2. The minimum absolute atomic E-state index is 0.0170. The van der Waals surface area contributed by atoms with Crippen molar-refractivity contribution in [1.29, 1.82) is 0 Å². The van der Waals surface area contributed by atoms with Crippen LogP contribution in [0.3, 0.4) is 0 Å². The molecule has 1 aromatic carbocycles. The number of aryl methyl sites for hydroxylation is 1. The summed E-state index contributed by atoms with van der Waals surface area (Å²) < 4.78 is 1.44. The van der Waals surface area contributed by atoms with E-state index in [4.69, 9.17) is 5.53 Å². The number of carbonyl (C=O) groups excluding carboxylic acids is 1. The summed E-state index contributed by atoms with van der Waals surface area (Å²) in [5, 5.41) is 10.4. The van der Waals surface area contributed by atoms with Crippen molar-refractivity contribution in [3.63, 3.8) is 0 Å². The molecular formula is C10H8N6O. The van der Waals surface area contributed by atoms with Gasteiger partial charge in [-0.05, 0) is 29.7 Å². The van der Waals surface area contributed by atoms with Crippen LogP contribution in [0.5, 0.6) is 0 Å². The van der Waals surface area contributed by atoms with Crippen LogP contribution in [0.15, 0.2) is 35.6 Å². The molecule has 0 bridgehead atoms. The van der Waals surface area contributed by atoms with Crippen molar-refractivity contribution in [3.05, 3.63) is 52.2 Å². The number of carbonyl (C=O) groups is 1. The van der Waals surface area contributed by atoms with E-state index in [2.05, 4.69) is 20.3 Å². The highest BCUT2D eigenvalue weighted by molar-refractivity contribution is 5.92. The molecule has 1 aromatic heterocycles. The predicted molar refractivity (Wildman–Crippen MR) is 59.6 cm³/mol. The first-order valence-corrected chi connectivity index (χ1v) is 4.79. The van der Waals surface area contributed by atoms with Crippen LogP contribution in [0.4, 0.5) is 0 Å². The Balaban J connectivity index is 2.32. The molecule has 84 valence electrons. The van der Waals surface area contributed by atoms with Crippen LogP contribution < -0.4 is 0 Å². The monoisotopic (exact) mass is 228 g/mol. The Morgan fingerprint density at radius 3 is 2.76 bits per heavy atom. The molecule has 17 heavy (non-hydrogen) atoms. The summed E-state index contributed by atoms with van der Waals surface area (Å²) in [6.45, 7) is 1.97. The first-order valence-electron chi connectivity index (χ1n) is 4.79. The lowest BCUT2D eigenvalue weighted by Gasteiger charge is -1.99. The third kappa shape index (κ3) is 2.30. The van der Waals surface area contributed by atoms with Gasteiger partial charge in [-0.3, -0.25) is 4.79 Å². The molecule has 0 radical (unpaired) electrons. The van der Waals surface area contributed by atoms with Crippen molar-refractivity contribution < 1.29 is 4.79 Å². The van der Waals surface area contributed by atoms with Gasteiger partial charge < -0.3 is 0 Å². The Kier molecular flexibility index (Phi) is 2.85. The molecule has 0 saturated heterocycles. The van der Waals surface area contributed by atoms with Gasteiger partial charge in [0.15, 0.2) is 5.69 Å². The van der Waals surface area contributed by atoms with Crippen molar-refractivity contribution in [2.45, 2.75) is 6.92 Å². The van der Waals surface area contributed by atoms with E-state index >= 15 is 0 Å². The zero-order valence-electron chi connectivity index (χ0n) is 8.98. The predicted octanol–water partition coefficient (Wildman–Crippen LogP) is 2.03. The van der Waals surface area contributed by atoms with E-state index in [1.807, 2.05) is 31.2 Å². The maximum atomic E-state index is 11.2. The third-order valence-electron chi connectivity index (χ3n) is 2.15.